The van der Waals surface area contributed by atoms with Gasteiger partial charge in [0.15, 0.2) is 0 Å². The van der Waals surface area contributed by atoms with E-state index in [4.69, 9.17) is 5.73 Å². The van der Waals surface area contributed by atoms with Crippen molar-refractivity contribution in [3.05, 3.63) is 22.6 Å². The minimum Gasteiger partial charge on any atom is -0.372 e. The molecule has 0 aliphatic carbocycles. The number of hydrogen-bond donors (Lipinski definition) is 1. The van der Waals surface area contributed by atoms with Crippen LogP contribution in [0, 0.1) is 0 Å². The number of likely N-dealkylation sites (tertiary alicyclic amines) is 1. The average Bonchev–Trinajstić information content (AvgIpc) is 2.94. The van der Waals surface area contributed by atoms with Crippen LogP contribution in [-0.2, 0) is 6.54 Å². The van der Waals surface area contributed by atoms with E-state index in [1.807, 2.05) is 11.9 Å². The topological polar surface area (TPSA) is 67.4 Å². The van der Waals surface area contributed by atoms with Gasteiger partial charge in [-0.05, 0) is 38.9 Å². The second-order valence-electron chi connectivity index (χ2n) is 5.39. The molecule has 1 fully saturated rings. The molecule has 0 radical (unpaired) electrons. The van der Waals surface area contributed by atoms with Crippen LogP contribution in [0.15, 0.2) is 17.1 Å². The molecule has 112 valence electrons. The van der Waals surface area contributed by atoms with Gasteiger partial charge >= 0.3 is 0 Å². The summed E-state index contributed by atoms with van der Waals surface area (Å²) < 4.78 is 1.55. The van der Waals surface area contributed by atoms with E-state index in [9.17, 15) is 4.79 Å². The molecule has 0 amide bonds. The lowest BCUT2D eigenvalue weighted by molar-refractivity contribution is 0.320. The van der Waals surface area contributed by atoms with E-state index >= 15 is 0 Å². The summed E-state index contributed by atoms with van der Waals surface area (Å²) in [4.78, 5) is 16.4. The van der Waals surface area contributed by atoms with Crippen molar-refractivity contribution in [2.45, 2.75) is 25.8 Å². The van der Waals surface area contributed by atoms with Gasteiger partial charge in [-0.25, -0.2) is 4.68 Å². The molecule has 0 unspecified atom stereocenters. The van der Waals surface area contributed by atoms with E-state index < -0.39 is 0 Å². The first-order valence-electron chi connectivity index (χ1n) is 7.41. The van der Waals surface area contributed by atoms with Crippen LogP contribution in [-0.4, -0.2) is 54.5 Å². The largest absolute Gasteiger partial charge is 0.372 e. The number of anilines is 1. The monoisotopic (exact) mass is 279 g/mol. The maximum Gasteiger partial charge on any atom is 0.268 e. The number of nitrogens with zero attached hydrogens (tertiary/aromatic N) is 4. The standard InChI is InChI=1S/C14H25N5O/c1-17(10-5-15)13-11-14(20)19(16-12-13)9-4-8-18-6-2-3-7-18/h11-12H,2-10,15H2,1H3. The highest BCUT2D eigenvalue weighted by Gasteiger charge is 2.11. The number of likely N-dealkylation sites (N-methyl/N-ethyl adjacent to an activating group) is 1. The lowest BCUT2D eigenvalue weighted by Gasteiger charge is -2.18. The highest BCUT2D eigenvalue weighted by Crippen LogP contribution is 2.08. The molecule has 1 aliphatic rings. The first-order valence-corrected chi connectivity index (χ1v) is 7.41. The van der Waals surface area contributed by atoms with Crippen LogP contribution in [0.3, 0.4) is 0 Å². The van der Waals surface area contributed by atoms with Crippen LogP contribution < -0.4 is 16.2 Å². The van der Waals surface area contributed by atoms with Gasteiger partial charge in [-0.1, -0.05) is 0 Å². The normalized spacial score (nSPS) is 15.7. The summed E-state index contributed by atoms with van der Waals surface area (Å²) in [6.45, 7) is 5.44. The van der Waals surface area contributed by atoms with Gasteiger partial charge in [-0.15, -0.1) is 0 Å². The van der Waals surface area contributed by atoms with Crippen LogP contribution in [0.1, 0.15) is 19.3 Å². The maximum atomic E-state index is 12.0. The van der Waals surface area contributed by atoms with Gasteiger partial charge in [-0.3, -0.25) is 4.79 Å². The Kier molecular flexibility index (Phi) is 5.55. The molecule has 0 saturated carbocycles. The fourth-order valence-electron chi connectivity index (χ4n) is 2.57. The molecule has 0 bridgehead atoms. The third kappa shape index (κ3) is 4.05. The molecule has 6 heteroatoms. The van der Waals surface area contributed by atoms with Gasteiger partial charge in [0.05, 0.1) is 11.9 Å². The molecule has 1 aromatic heterocycles. The Hall–Kier alpha value is -1.40. The quantitative estimate of drug-likeness (QED) is 0.768. The van der Waals surface area contributed by atoms with Crippen molar-refractivity contribution in [1.82, 2.24) is 14.7 Å². The molecule has 2 N–H and O–H groups in total. The average molecular weight is 279 g/mol. The maximum absolute atomic E-state index is 12.0. The Morgan fingerprint density at radius 1 is 1.35 bits per heavy atom. The number of hydrogen-bond acceptors (Lipinski definition) is 5. The molecule has 0 atom stereocenters. The number of aromatic nitrogens is 2. The van der Waals surface area contributed by atoms with Crippen LogP contribution in [0.5, 0.6) is 0 Å². The van der Waals surface area contributed by atoms with E-state index in [0.29, 0.717) is 13.1 Å². The Morgan fingerprint density at radius 3 is 2.75 bits per heavy atom. The summed E-state index contributed by atoms with van der Waals surface area (Å²) >= 11 is 0. The predicted octanol–water partition coefficient (Wildman–Crippen LogP) is 0.124. The third-order valence-electron chi connectivity index (χ3n) is 3.80. The van der Waals surface area contributed by atoms with Gasteiger partial charge in [0, 0.05) is 32.7 Å². The molecular formula is C14H25N5O. The summed E-state index contributed by atoms with van der Waals surface area (Å²) in [5.41, 5.74) is 6.31. The van der Waals surface area contributed by atoms with Crippen molar-refractivity contribution in [1.29, 1.82) is 0 Å². The minimum absolute atomic E-state index is 0.0345. The Labute approximate surface area is 120 Å². The first kappa shape index (κ1) is 15.0. The highest BCUT2D eigenvalue weighted by atomic mass is 16.1. The molecule has 1 aromatic rings. The molecule has 1 aliphatic heterocycles. The van der Waals surface area contributed by atoms with E-state index in [2.05, 4.69) is 10.00 Å². The van der Waals surface area contributed by atoms with E-state index in [0.717, 1.165) is 25.2 Å². The fraction of sp³-hybridized carbons (Fsp3) is 0.714. The molecule has 20 heavy (non-hydrogen) atoms. The molecule has 6 nitrogen and oxygen atoms in total. The zero-order chi connectivity index (χ0) is 14.4. The van der Waals surface area contributed by atoms with Crippen molar-refractivity contribution in [2.24, 2.45) is 5.73 Å². The molecule has 2 rings (SSSR count). The zero-order valence-corrected chi connectivity index (χ0v) is 12.3. The van der Waals surface area contributed by atoms with Crippen molar-refractivity contribution in [3.8, 4) is 0 Å². The van der Waals surface area contributed by atoms with Crippen molar-refractivity contribution in [2.75, 3.05) is 44.7 Å². The molecule has 0 spiro atoms. The summed E-state index contributed by atoms with van der Waals surface area (Å²) in [5.74, 6) is 0. The molecular weight excluding hydrogens is 254 g/mol. The van der Waals surface area contributed by atoms with E-state index in [1.54, 1.807) is 16.9 Å². The minimum atomic E-state index is -0.0345. The molecule has 2 heterocycles. The number of rotatable bonds is 7. The van der Waals surface area contributed by atoms with Crippen molar-refractivity contribution in [3.63, 3.8) is 0 Å². The van der Waals surface area contributed by atoms with Crippen molar-refractivity contribution >= 4 is 5.69 Å². The van der Waals surface area contributed by atoms with Crippen LogP contribution in [0.25, 0.3) is 0 Å². The first-order chi connectivity index (χ1) is 9.70. The third-order valence-corrected chi connectivity index (χ3v) is 3.80. The van der Waals surface area contributed by atoms with Gasteiger partial charge in [0.1, 0.15) is 0 Å². The lowest BCUT2D eigenvalue weighted by Crippen LogP contribution is -2.29. The molecule has 0 aromatic carbocycles. The molecule has 1 saturated heterocycles. The van der Waals surface area contributed by atoms with Crippen LogP contribution in [0.2, 0.25) is 0 Å². The van der Waals surface area contributed by atoms with Gasteiger partial charge < -0.3 is 15.5 Å². The second-order valence-corrected chi connectivity index (χ2v) is 5.39. The highest BCUT2D eigenvalue weighted by molar-refractivity contribution is 5.41. The second kappa shape index (κ2) is 7.40. The summed E-state index contributed by atoms with van der Waals surface area (Å²) in [5, 5.41) is 4.25. The lowest BCUT2D eigenvalue weighted by atomic mass is 10.3. The zero-order valence-electron chi connectivity index (χ0n) is 12.3. The van der Waals surface area contributed by atoms with Crippen LogP contribution >= 0.6 is 0 Å². The van der Waals surface area contributed by atoms with E-state index in [-0.39, 0.29) is 5.56 Å². The van der Waals surface area contributed by atoms with Crippen molar-refractivity contribution < 1.29 is 0 Å². The van der Waals surface area contributed by atoms with Gasteiger partial charge in [0.2, 0.25) is 0 Å². The Balaban J connectivity index is 1.87. The predicted molar refractivity (Wildman–Crippen MR) is 81.1 cm³/mol. The van der Waals surface area contributed by atoms with Gasteiger partial charge in [0.25, 0.3) is 5.56 Å². The summed E-state index contributed by atoms with van der Waals surface area (Å²) in [7, 11) is 1.92. The number of aryl methyl sites for hydroxylation is 1. The Morgan fingerprint density at radius 2 is 2.10 bits per heavy atom. The van der Waals surface area contributed by atoms with E-state index in [1.165, 1.54) is 25.9 Å². The smallest absolute Gasteiger partial charge is 0.268 e. The summed E-state index contributed by atoms with van der Waals surface area (Å²) in [6.07, 6.45) is 5.33. The van der Waals surface area contributed by atoms with Gasteiger partial charge in [-0.2, -0.15) is 5.10 Å². The SMILES string of the molecule is CN(CCN)c1cnn(CCCN2CCCC2)c(=O)c1. The number of nitrogens with two attached hydrogens (primary N) is 1. The van der Waals surface area contributed by atoms with Crippen LogP contribution in [0.4, 0.5) is 5.69 Å². The fourth-order valence-corrected chi connectivity index (χ4v) is 2.57. The summed E-state index contributed by atoms with van der Waals surface area (Å²) in [6, 6.07) is 1.64. The Bertz CT molecular complexity index is 467.